The van der Waals surface area contributed by atoms with Crippen molar-refractivity contribution in [1.82, 2.24) is 5.32 Å². The van der Waals surface area contributed by atoms with Crippen molar-refractivity contribution in [3.05, 3.63) is 34.4 Å². The van der Waals surface area contributed by atoms with E-state index in [2.05, 4.69) is 5.32 Å². The number of aliphatic hydroxyl groups is 7. The molecule has 1 amide bonds. The first-order valence-electron chi connectivity index (χ1n) is 10.6. The smallest absolute Gasteiger partial charge is 0.269 e. The maximum Gasteiger partial charge on any atom is 0.269 e. The third-order valence-electron chi connectivity index (χ3n) is 5.30. The minimum Gasteiger partial charge on any atom is -0.484 e. The van der Waals surface area contributed by atoms with Gasteiger partial charge in [-0.15, -0.1) is 0 Å². The highest BCUT2D eigenvalue weighted by molar-refractivity contribution is 5.81. The maximum absolute atomic E-state index is 12.3. The largest absolute Gasteiger partial charge is 0.484 e. The monoisotopic (exact) mass is 520 g/mol. The van der Waals surface area contributed by atoms with Crippen molar-refractivity contribution in [1.29, 1.82) is 0 Å². The number of rotatable bonds is 13. The van der Waals surface area contributed by atoms with Gasteiger partial charge in [0.1, 0.15) is 60.8 Å². The Kier molecular flexibility index (Phi) is 11.0. The zero-order valence-electron chi connectivity index (χ0n) is 18.6. The van der Waals surface area contributed by atoms with E-state index >= 15 is 0 Å². The minimum atomic E-state index is -2.03. The van der Waals surface area contributed by atoms with E-state index in [1.54, 1.807) is 0 Å². The van der Waals surface area contributed by atoms with Crippen LogP contribution < -0.4 is 10.1 Å². The van der Waals surface area contributed by atoms with Gasteiger partial charge < -0.3 is 60.1 Å². The van der Waals surface area contributed by atoms with Gasteiger partial charge in [0.15, 0.2) is 12.9 Å². The number of hydrogen-bond acceptors (Lipinski definition) is 14. The van der Waals surface area contributed by atoms with E-state index in [1.165, 1.54) is 12.1 Å². The van der Waals surface area contributed by atoms with Crippen LogP contribution in [0.3, 0.4) is 0 Å². The first-order chi connectivity index (χ1) is 17.0. The normalized spacial score (nSPS) is 27.4. The van der Waals surface area contributed by atoms with Gasteiger partial charge in [0.25, 0.3) is 11.6 Å². The molecule has 9 atom stereocenters. The summed E-state index contributed by atoms with van der Waals surface area (Å²) in [5.74, 6) is -0.846. The Morgan fingerprint density at radius 3 is 2.31 bits per heavy atom. The van der Waals surface area contributed by atoms with Crippen LogP contribution in [0.25, 0.3) is 0 Å². The Labute approximate surface area is 203 Å². The first-order valence-corrected chi connectivity index (χ1v) is 10.6. The van der Waals surface area contributed by atoms with E-state index < -0.39 is 85.7 Å². The number of benzene rings is 1. The molecule has 0 radical (unpaired) electrons. The Hall–Kier alpha value is -2.80. The molecule has 16 nitrogen and oxygen atoms in total. The zero-order valence-corrected chi connectivity index (χ0v) is 18.6. The third kappa shape index (κ3) is 7.36. The van der Waals surface area contributed by atoms with Gasteiger partial charge in [0.2, 0.25) is 0 Å². The van der Waals surface area contributed by atoms with Crippen molar-refractivity contribution in [3.8, 4) is 5.75 Å². The lowest BCUT2D eigenvalue weighted by Gasteiger charge is -2.42. The van der Waals surface area contributed by atoms with Crippen molar-refractivity contribution >= 4 is 17.9 Å². The highest BCUT2D eigenvalue weighted by Crippen LogP contribution is 2.25. The van der Waals surface area contributed by atoms with Gasteiger partial charge in [-0.05, 0) is 12.1 Å². The molecule has 0 aromatic heterocycles. The second-order valence-electron chi connectivity index (χ2n) is 7.81. The van der Waals surface area contributed by atoms with E-state index in [1.807, 2.05) is 0 Å². The van der Waals surface area contributed by atoms with Crippen LogP contribution in [0, 0.1) is 10.1 Å². The predicted molar refractivity (Wildman–Crippen MR) is 114 cm³/mol. The molecule has 1 aromatic rings. The highest BCUT2D eigenvalue weighted by atomic mass is 16.7. The van der Waals surface area contributed by atoms with Gasteiger partial charge >= 0.3 is 0 Å². The van der Waals surface area contributed by atoms with Gasteiger partial charge in [-0.25, -0.2) is 0 Å². The molecule has 1 fully saturated rings. The van der Waals surface area contributed by atoms with E-state index in [0.29, 0.717) is 0 Å². The number of ether oxygens (including phenoxy) is 3. The van der Waals surface area contributed by atoms with E-state index in [0.717, 1.165) is 12.1 Å². The van der Waals surface area contributed by atoms with Gasteiger partial charge in [0, 0.05) is 12.1 Å². The minimum absolute atomic E-state index is 0.0864. The number of carbonyl (C=O) groups is 2. The van der Waals surface area contributed by atoms with Gasteiger partial charge in [-0.1, -0.05) is 0 Å². The zero-order chi connectivity index (χ0) is 27.0. The number of amides is 1. The molecule has 0 aliphatic carbocycles. The van der Waals surface area contributed by atoms with Crippen LogP contribution in [0.1, 0.15) is 0 Å². The molecular weight excluding hydrogens is 492 g/mol. The van der Waals surface area contributed by atoms with Crippen molar-refractivity contribution in [2.24, 2.45) is 0 Å². The summed E-state index contributed by atoms with van der Waals surface area (Å²) in [4.78, 5) is 34.1. The van der Waals surface area contributed by atoms with Crippen molar-refractivity contribution in [2.45, 2.75) is 55.1 Å². The average Bonchev–Trinajstić information content (AvgIpc) is 2.88. The molecule has 36 heavy (non-hydrogen) atoms. The number of non-ortho nitro benzene ring substituents is 1. The van der Waals surface area contributed by atoms with Gasteiger partial charge in [0.05, 0.1) is 18.1 Å². The lowest BCUT2D eigenvalue weighted by atomic mass is 9.98. The molecule has 1 aliphatic rings. The lowest BCUT2D eigenvalue weighted by Crippen LogP contribution is -2.63. The summed E-state index contributed by atoms with van der Waals surface area (Å²) in [6.07, 6.45) is -14.4. The summed E-state index contributed by atoms with van der Waals surface area (Å²) < 4.78 is 15.7. The summed E-state index contributed by atoms with van der Waals surface area (Å²) in [7, 11) is 0. The standard InChI is InChI=1S/C20H28N2O14/c23-5-11(21-14(27)8-34-10-3-1-9(2-4-10)22(32)33)19(15(28)12(26)6-24)36-20-18(31)17(30)16(29)13(7-25)35-20/h1-5,11-13,15-20,24-26,28-31H,6-8H2,(H,21,27)/t11-,12+,13+,15-,16-,17-,18+,19+,20-/m0/s1. The topological polar surface area (TPSA) is 259 Å². The fourth-order valence-electron chi connectivity index (χ4n) is 3.27. The molecule has 1 aromatic carbocycles. The maximum atomic E-state index is 12.3. The van der Waals surface area contributed by atoms with Crippen LogP contribution in [0.4, 0.5) is 5.69 Å². The molecule has 2 rings (SSSR count). The van der Waals surface area contributed by atoms with Crippen LogP contribution in [-0.4, -0.2) is 128 Å². The molecule has 202 valence electrons. The molecule has 1 aliphatic heterocycles. The molecular formula is C20H28N2O14. The van der Waals surface area contributed by atoms with E-state index in [-0.39, 0.29) is 17.7 Å². The highest BCUT2D eigenvalue weighted by Gasteiger charge is 2.47. The first kappa shape index (κ1) is 29.4. The Bertz CT molecular complexity index is 868. The summed E-state index contributed by atoms with van der Waals surface area (Å²) in [6, 6.07) is 3.02. The lowest BCUT2D eigenvalue weighted by molar-refractivity contribution is -0.384. The van der Waals surface area contributed by atoms with Crippen LogP contribution in [0.2, 0.25) is 0 Å². The molecule has 0 unspecified atom stereocenters. The Morgan fingerprint density at radius 2 is 1.78 bits per heavy atom. The molecule has 1 saturated heterocycles. The second-order valence-corrected chi connectivity index (χ2v) is 7.81. The van der Waals surface area contributed by atoms with Crippen LogP contribution in [0.15, 0.2) is 24.3 Å². The molecule has 16 heteroatoms. The van der Waals surface area contributed by atoms with Crippen LogP contribution in [0.5, 0.6) is 5.75 Å². The van der Waals surface area contributed by atoms with Crippen LogP contribution in [-0.2, 0) is 19.1 Å². The number of carbonyl (C=O) groups excluding carboxylic acids is 2. The fourth-order valence-corrected chi connectivity index (χ4v) is 3.27. The number of nitrogens with one attached hydrogen (secondary N) is 1. The van der Waals surface area contributed by atoms with Crippen molar-refractivity contribution in [3.63, 3.8) is 0 Å². The van der Waals surface area contributed by atoms with Crippen LogP contribution >= 0.6 is 0 Å². The quantitative estimate of drug-likeness (QED) is 0.0693. The Morgan fingerprint density at radius 1 is 1.14 bits per heavy atom. The fraction of sp³-hybridized carbons (Fsp3) is 0.600. The number of aldehydes is 1. The molecule has 8 N–H and O–H groups in total. The summed E-state index contributed by atoms with van der Waals surface area (Å²) in [5, 5.41) is 81.6. The molecule has 0 spiro atoms. The van der Waals surface area contributed by atoms with Gasteiger partial charge in [-0.2, -0.15) is 0 Å². The number of aliphatic hydroxyl groups excluding tert-OH is 7. The number of hydrogen-bond donors (Lipinski definition) is 8. The SMILES string of the molecule is O=C[C@H](NC(=O)COc1ccc([N+](=O)[O-])cc1)[C@@H](O[C@@H]1O[C@H](CO)[C@H](O)[C@H](O)[C@H]1O)[C@@H](O)[C@H](O)CO. The number of nitro groups is 1. The number of nitrogens with zero attached hydrogens (tertiary/aromatic N) is 1. The summed E-state index contributed by atoms with van der Waals surface area (Å²) in [6.45, 7) is -2.48. The van der Waals surface area contributed by atoms with Gasteiger partial charge in [-0.3, -0.25) is 14.9 Å². The van der Waals surface area contributed by atoms with E-state index in [9.17, 15) is 55.4 Å². The summed E-state index contributed by atoms with van der Waals surface area (Å²) >= 11 is 0. The predicted octanol–water partition coefficient (Wildman–Crippen LogP) is -4.44. The van der Waals surface area contributed by atoms with E-state index in [4.69, 9.17) is 14.2 Å². The molecule has 0 saturated carbocycles. The Balaban J connectivity index is 2.13. The third-order valence-corrected chi connectivity index (χ3v) is 5.30. The molecule has 1 heterocycles. The number of nitro benzene ring substituents is 1. The van der Waals surface area contributed by atoms with Crippen molar-refractivity contribution in [2.75, 3.05) is 19.8 Å². The average molecular weight is 520 g/mol. The van der Waals surface area contributed by atoms with Crippen molar-refractivity contribution < 1.29 is 64.5 Å². The summed E-state index contributed by atoms with van der Waals surface area (Å²) in [5.41, 5.74) is -0.211. The molecule has 0 bridgehead atoms. The second kappa shape index (κ2) is 13.5.